The first-order chi connectivity index (χ1) is 10.8. The fourth-order valence-corrected chi connectivity index (χ4v) is 4.33. The molecular formula is C18H26N2O2. The minimum Gasteiger partial charge on any atom is -0.493 e. The lowest BCUT2D eigenvalue weighted by Crippen LogP contribution is -2.24. The van der Waals surface area contributed by atoms with Gasteiger partial charge in [-0.3, -0.25) is 4.90 Å². The Bertz CT molecular complexity index is 538. The van der Waals surface area contributed by atoms with Crippen molar-refractivity contribution in [1.29, 1.82) is 0 Å². The van der Waals surface area contributed by atoms with E-state index in [1.807, 2.05) is 0 Å². The van der Waals surface area contributed by atoms with Crippen LogP contribution in [0.1, 0.15) is 42.0 Å². The molecule has 0 spiro atoms. The molecule has 3 heterocycles. The fourth-order valence-electron chi connectivity index (χ4n) is 4.33. The highest BCUT2D eigenvalue weighted by atomic mass is 16.5. The third-order valence-corrected chi connectivity index (χ3v) is 5.43. The van der Waals surface area contributed by atoms with Crippen molar-refractivity contribution < 1.29 is 9.47 Å². The van der Waals surface area contributed by atoms with Gasteiger partial charge >= 0.3 is 0 Å². The van der Waals surface area contributed by atoms with E-state index >= 15 is 0 Å². The predicted molar refractivity (Wildman–Crippen MR) is 86.6 cm³/mol. The van der Waals surface area contributed by atoms with Crippen LogP contribution in [-0.2, 0) is 12.8 Å². The van der Waals surface area contributed by atoms with Gasteiger partial charge in [0.1, 0.15) is 11.5 Å². The summed E-state index contributed by atoms with van der Waals surface area (Å²) in [4.78, 5) is 2.46. The number of likely N-dealkylation sites (tertiary alicyclic amines) is 1. The molecule has 0 amide bonds. The van der Waals surface area contributed by atoms with Gasteiger partial charge in [-0.2, -0.15) is 0 Å². The Balaban J connectivity index is 1.82. The SMILES string of the molecule is CN1CC(CN)CC1c1c2c(cc3c1OCCC3)OCCC2. The van der Waals surface area contributed by atoms with Crippen LogP contribution in [-0.4, -0.2) is 38.3 Å². The zero-order valence-corrected chi connectivity index (χ0v) is 13.4. The Hall–Kier alpha value is -1.26. The lowest BCUT2D eigenvalue weighted by Gasteiger charge is -2.32. The van der Waals surface area contributed by atoms with Crippen molar-refractivity contribution in [3.05, 3.63) is 22.8 Å². The molecule has 2 unspecified atom stereocenters. The maximum atomic E-state index is 6.14. The number of ether oxygens (including phenoxy) is 2. The van der Waals surface area contributed by atoms with Gasteiger partial charge in [-0.15, -0.1) is 0 Å². The third-order valence-electron chi connectivity index (χ3n) is 5.43. The van der Waals surface area contributed by atoms with Crippen LogP contribution in [0, 0.1) is 5.92 Å². The number of nitrogens with two attached hydrogens (primary N) is 1. The standard InChI is InChI=1S/C18H26N2O2/c1-20-11-12(10-19)8-15(20)17-14-5-3-6-21-16(14)9-13-4-2-7-22-18(13)17/h9,12,15H,2-8,10-11,19H2,1H3. The van der Waals surface area contributed by atoms with Crippen LogP contribution in [0.2, 0.25) is 0 Å². The second kappa shape index (κ2) is 5.74. The summed E-state index contributed by atoms with van der Waals surface area (Å²) in [5.74, 6) is 2.86. The molecule has 1 aromatic carbocycles. The van der Waals surface area contributed by atoms with Gasteiger partial charge in [-0.1, -0.05) is 0 Å². The molecule has 1 fully saturated rings. The molecule has 4 rings (SSSR count). The monoisotopic (exact) mass is 302 g/mol. The van der Waals surface area contributed by atoms with Gasteiger partial charge in [0.05, 0.1) is 13.2 Å². The molecule has 4 heteroatoms. The minimum absolute atomic E-state index is 0.428. The number of hydrogen-bond acceptors (Lipinski definition) is 4. The summed E-state index contributed by atoms with van der Waals surface area (Å²) < 4.78 is 12.1. The maximum absolute atomic E-state index is 6.14. The van der Waals surface area contributed by atoms with Crippen LogP contribution < -0.4 is 15.2 Å². The molecule has 4 nitrogen and oxygen atoms in total. The zero-order valence-electron chi connectivity index (χ0n) is 13.4. The number of fused-ring (bicyclic) bond motifs is 2. The second-order valence-corrected chi connectivity index (χ2v) is 6.95. The van der Waals surface area contributed by atoms with E-state index in [-0.39, 0.29) is 0 Å². The van der Waals surface area contributed by atoms with Gasteiger partial charge in [0.2, 0.25) is 0 Å². The van der Waals surface area contributed by atoms with Gasteiger partial charge in [0, 0.05) is 23.7 Å². The van der Waals surface area contributed by atoms with Gasteiger partial charge in [0.15, 0.2) is 0 Å². The number of hydrogen-bond donors (Lipinski definition) is 1. The van der Waals surface area contributed by atoms with Crippen molar-refractivity contribution in [2.45, 2.75) is 38.1 Å². The average Bonchev–Trinajstić information content (AvgIpc) is 2.93. The molecule has 2 atom stereocenters. The average molecular weight is 302 g/mol. The number of rotatable bonds is 2. The van der Waals surface area contributed by atoms with Crippen molar-refractivity contribution in [1.82, 2.24) is 4.90 Å². The molecular weight excluding hydrogens is 276 g/mol. The summed E-state index contributed by atoms with van der Waals surface area (Å²) in [6.45, 7) is 3.55. The second-order valence-electron chi connectivity index (χ2n) is 6.95. The molecule has 1 saturated heterocycles. The Morgan fingerprint density at radius 1 is 1.23 bits per heavy atom. The molecule has 0 radical (unpaired) electrons. The number of nitrogens with zero attached hydrogens (tertiary/aromatic N) is 1. The largest absolute Gasteiger partial charge is 0.493 e. The Morgan fingerprint density at radius 3 is 2.86 bits per heavy atom. The molecule has 3 aliphatic rings. The normalized spacial score (nSPS) is 27.7. The van der Waals surface area contributed by atoms with Gasteiger partial charge in [0.25, 0.3) is 0 Å². The van der Waals surface area contributed by atoms with Crippen molar-refractivity contribution in [3.63, 3.8) is 0 Å². The van der Waals surface area contributed by atoms with Gasteiger partial charge < -0.3 is 15.2 Å². The lowest BCUT2D eigenvalue weighted by atomic mass is 9.87. The summed E-state index contributed by atoms with van der Waals surface area (Å²) in [7, 11) is 2.22. The van der Waals surface area contributed by atoms with Gasteiger partial charge in [-0.25, -0.2) is 0 Å². The lowest BCUT2D eigenvalue weighted by molar-refractivity contribution is 0.251. The first-order valence-corrected chi connectivity index (χ1v) is 8.62. The molecule has 0 aromatic heterocycles. The molecule has 3 aliphatic heterocycles. The van der Waals surface area contributed by atoms with E-state index in [9.17, 15) is 0 Å². The Morgan fingerprint density at radius 2 is 2.05 bits per heavy atom. The van der Waals surface area contributed by atoms with Gasteiger partial charge in [-0.05, 0) is 63.2 Å². The van der Waals surface area contributed by atoms with E-state index in [0.717, 1.165) is 69.9 Å². The number of aryl methyl sites for hydroxylation is 1. The summed E-state index contributed by atoms with van der Waals surface area (Å²) in [6.07, 6.45) is 5.57. The molecule has 2 N–H and O–H groups in total. The van der Waals surface area contributed by atoms with Crippen LogP contribution in [0.4, 0.5) is 0 Å². The highest BCUT2D eigenvalue weighted by molar-refractivity contribution is 5.56. The quantitative estimate of drug-likeness (QED) is 0.910. The van der Waals surface area contributed by atoms with Crippen molar-refractivity contribution >= 4 is 0 Å². The predicted octanol–water partition coefficient (Wildman–Crippen LogP) is 2.29. The fraction of sp³-hybridized carbons (Fsp3) is 0.667. The summed E-state index contributed by atoms with van der Waals surface area (Å²) in [5.41, 5.74) is 10.1. The molecule has 0 bridgehead atoms. The van der Waals surface area contributed by atoms with Crippen LogP contribution >= 0.6 is 0 Å². The number of benzene rings is 1. The van der Waals surface area contributed by atoms with E-state index in [0.29, 0.717) is 12.0 Å². The van der Waals surface area contributed by atoms with Crippen LogP contribution in [0.25, 0.3) is 0 Å². The third kappa shape index (κ3) is 2.29. The smallest absolute Gasteiger partial charge is 0.127 e. The summed E-state index contributed by atoms with van der Waals surface area (Å²) in [6, 6.07) is 2.67. The highest BCUT2D eigenvalue weighted by Gasteiger charge is 2.36. The summed E-state index contributed by atoms with van der Waals surface area (Å²) in [5, 5.41) is 0. The highest BCUT2D eigenvalue weighted by Crippen LogP contribution is 2.47. The van der Waals surface area contributed by atoms with Crippen LogP contribution in [0.15, 0.2) is 6.07 Å². The first kappa shape index (κ1) is 14.3. The van der Waals surface area contributed by atoms with E-state index in [4.69, 9.17) is 15.2 Å². The molecule has 0 aliphatic carbocycles. The molecule has 22 heavy (non-hydrogen) atoms. The van der Waals surface area contributed by atoms with Crippen molar-refractivity contribution in [2.24, 2.45) is 11.7 Å². The van der Waals surface area contributed by atoms with E-state index in [1.165, 1.54) is 16.7 Å². The maximum Gasteiger partial charge on any atom is 0.127 e. The summed E-state index contributed by atoms with van der Waals surface area (Å²) >= 11 is 0. The van der Waals surface area contributed by atoms with E-state index in [1.54, 1.807) is 0 Å². The van der Waals surface area contributed by atoms with Crippen molar-refractivity contribution in [3.8, 4) is 11.5 Å². The zero-order chi connectivity index (χ0) is 15.1. The van der Waals surface area contributed by atoms with E-state index in [2.05, 4.69) is 18.0 Å². The first-order valence-electron chi connectivity index (χ1n) is 8.62. The topological polar surface area (TPSA) is 47.7 Å². The Labute approximate surface area is 132 Å². The van der Waals surface area contributed by atoms with E-state index < -0.39 is 0 Å². The molecule has 120 valence electrons. The van der Waals surface area contributed by atoms with Crippen LogP contribution in [0.3, 0.4) is 0 Å². The van der Waals surface area contributed by atoms with Crippen LogP contribution in [0.5, 0.6) is 11.5 Å². The Kier molecular flexibility index (Phi) is 3.74. The minimum atomic E-state index is 0.428. The van der Waals surface area contributed by atoms with Crippen molar-refractivity contribution in [2.75, 3.05) is 33.4 Å². The molecule has 1 aromatic rings. The molecule has 0 saturated carbocycles.